The Morgan fingerprint density at radius 1 is 1.18 bits per heavy atom. The van der Waals surface area contributed by atoms with Crippen LogP contribution < -0.4 is 5.32 Å². The number of carboxylic acid groups (broad SMARTS) is 1. The second-order valence-electron chi connectivity index (χ2n) is 5.23. The molecule has 0 atom stereocenters. The summed E-state index contributed by atoms with van der Waals surface area (Å²) in [4.78, 5) is 23.2. The molecule has 1 fully saturated rings. The average Bonchev–Trinajstić information content (AvgIpc) is 2.48. The van der Waals surface area contributed by atoms with Crippen LogP contribution in [0.25, 0.3) is 0 Å². The standard InChI is InChI=1S/C14H17NO6S/c16-12(17)14(6-8-22(19,20)9-7-14)15-13(18)21-10-11-4-2-1-3-5-11/h1-5H,6-10H2,(H,15,18)(H,16,17). The van der Waals surface area contributed by atoms with Gasteiger partial charge in [-0.05, 0) is 18.4 Å². The highest BCUT2D eigenvalue weighted by Gasteiger charge is 2.45. The Labute approximate surface area is 128 Å². The minimum absolute atomic E-state index is 0.0146. The minimum Gasteiger partial charge on any atom is -0.480 e. The molecule has 22 heavy (non-hydrogen) atoms. The lowest BCUT2D eigenvalue weighted by atomic mass is 9.92. The number of alkyl carbamates (subject to hydrolysis) is 1. The second kappa shape index (κ2) is 6.35. The van der Waals surface area contributed by atoms with Crippen LogP contribution in [-0.4, -0.2) is 42.6 Å². The third-order valence-corrected chi connectivity index (χ3v) is 5.30. The van der Waals surface area contributed by atoms with E-state index < -0.39 is 27.4 Å². The predicted molar refractivity (Wildman–Crippen MR) is 78.0 cm³/mol. The summed E-state index contributed by atoms with van der Waals surface area (Å²) in [5.41, 5.74) is -0.813. The molecular formula is C14H17NO6S. The van der Waals surface area contributed by atoms with Gasteiger partial charge in [0.15, 0.2) is 9.84 Å². The zero-order valence-electron chi connectivity index (χ0n) is 11.8. The number of nitrogens with one attached hydrogen (secondary N) is 1. The molecule has 0 aliphatic carbocycles. The van der Waals surface area contributed by atoms with Gasteiger partial charge in [0.05, 0.1) is 11.5 Å². The van der Waals surface area contributed by atoms with Crippen LogP contribution in [0, 0.1) is 0 Å². The largest absolute Gasteiger partial charge is 0.480 e. The lowest BCUT2D eigenvalue weighted by Gasteiger charge is -2.33. The van der Waals surface area contributed by atoms with Crippen LogP contribution in [0.4, 0.5) is 4.79 Å². The molecule has 8 heteroatoms. The van der Waals surface area contributed by atoms with E-state index in [4.69, 9.17) is 4.74 Å². The van der Waals surface area contributed by atoms with E-state index in [0.29, 0.717) is 0 Å². The fourth-order valence-electron chi connectivity index (χ4n) is 2.23. The van der Waals surface area contributed by atoms with Crippen molar-refractivity contribution in [3.63, 3.8) is 0 Å². The number of rotatable bonds is 4. The highest BCUT2D eigenvalue weighted by atomic mass is 32.2. The topological polar surface area (TPSA) is 110 Å². The number of carbonyl (C=O) groups excluding carboxylic acids is 1. The molecule has 1 aromatic carbocycles. The van der Waals surface area contributed by atoms with Gasteiger partial charge in [0.25, 0.3) is 0 Å². The third kappa shape index (κ3) is 3.97. The lowest BCUT2D eigenvalue weighted by molar-refractivity contribution is -0.145. The van der Waals surface area contributed by atoms with Gasteiger partial charge >= 0.3 is 12.1 Å². The number of sulfone groups is 1. The maximum absolute atomic E-state index is 11.8. The summed E-state index contributed by atoms with van der Waals surface area (Å²) >= 11 is 0. The molecule has 2 rings (SSSR count). The van der Waals surface area contributed by atoms with Gasteiger partial charge in [0, 0.05) is 0 Å². The van der Waals surface area contributed by atoms with Gasteiger partial charge in [0.1, 0.15) is 12.1 Å². The Morgan fingerprint density at radius 2 is 1.77 bits per heavy atom. The van der Waals surface area contributed by atoms with E-state index in [0.717, 1.165) is 5.56 Å². The zero-order valence-corrected chi connectivity index (χ0v) is 12.6. The lowest BCUT2D eigenvalue weighted by Crippen LogP contribution is -2.58. The molecule has 120 valence electrons. The molecule has 0 bridgehead atoms. The monoisotopic (exact) mass is 327 g/mol. The van der Waals surface area contributed by atoms with Crippen LogP contribution >= 0.6 is 0 Å². The number of benzene rings is 1. The van der Waals surface area contributed by atoms with Crippen LogP contribution in [0.5, 0.6) is 0 Å². The fourth-order valence-corrected chi connectivity index (χ4v) is 3.76. The first-order valence-electron chi connectivity index (χ1n) is 6.76. The third-order valence-electron chi connectivity index (χ3n) is 3.64. The molecule has 1 aromatic rings. The molecule has 1 heterocycles. The Bertz CT molecular complexity index is 641. The van der Waals surface area contributed by atoms with Gasteiger partial charge in [-0.3, -0.25) is 0 Å². The van der Waals surface area contributed by atoms with Crippen molar-refractivity contribution in [2.24, 2.45) is 0 Å². The summed E-state index contributed by atoms with van der Waals surface area (Å²) in [6, 6.07) is 8.95. The smallest absolute Gasteiger partial charge is 0.408 e. The van der Waals surface area contributed by atoms with Gasteiger partial charge in [-0.25, -0.2) is 18.0 Å². The van der Waals surface area contributed by atoms with Crippen molar-refractivity contribution in [1.82, 2.24) is 5.32 Å². The van der Waals surface area contributed by atoms with E-state index in [9.17, 15) is 23.1 Å². The summed E-state index contributed by atoms with van der Waals surface area (Å²) in [5, 5.41) is 11.6. The Morgan fingerprint density at radius 3 is 2.32 bits per heavy atom. The van der Waals surface area contributed by atoms with Gasteiger partial charge in [-0.15, -0.1) is 0 Å². The quantitative estimate of drug-likeness (QED) is 0.852. The Kier molecular flexibility index (Phi) is 4.70. The predicted octanol–water partition coefficient (Wildman–Crippen LogP) is 0.945. The van der Waals surface area contributed by atoms with E-state index in [1.54, 1.807) is 24.3 Å². The molecular weight excluding hydrogens is 310 g/mol. The molecule has 7 nitrogen and oxygen atoms in total. The van der Waals surface area contributed by atoms with Crippen molar-refractivity contribution >= 4 is 21.9 Å². The molecule has 0 spiro atoms. The summed E-state index contributed by atoms with van der Waals surface area (Å²) in [7, 11) is -3.23. The van der Waals surface area contributed by atoms with Crippen molar-refractivity contribution in [2.75, 3.05) is 11.5 Å². The molecule has 0 unspecified atom stereocenters. The van der Waals surface area contributed by atoms with Gasteiger partial charge in [-0.2, -0.15) is 0 Å². The highest BCUT2D eigenvalue weighted by Crippen LogP contribution is 2.24. The van der Waals surface area contributed by atoms with Crippen molar-refractivity contribution in [3.05, 3.63) is 35.9 Å². The number of hydrogen-bond donors (Lipinski definition) is 2. The highest BCUT2D eigenvalue weighted by molar-refractivity contribution is 7.91. The van der Waals surface area contributed by atoms with E-state index >= 15 is 0 Å². The van der Waals surface area contributed by atoms with Crippen LogP contribution in [0.2, 0.25) is 0 Å². The number of amides is 1. The van der Waals surface area contributed by atoms with Gasteiger partial charge in [0.2, 0.25) is 0 Å². The number of carboxylic acids is 1. The summed E-state index contributed by atoms with van der Waals surface area (Å²) in [6.45, 7) is 0.0146. The number of ether oxygens (including phenoxy) is 1. The van der Waals surface area contributed by atoms with Crippen molar-refractivity contribution in [3.8, 4) is 0 Å². The summed E-state index contributed by atoms with van der Waals surface area (Å²) < 4.78 is 27.8. The first kappa shape index (κ1) is 16.3. The van der Waals surface area contributed by atoms with Gasteiger partial charge < -0.3 is 15.2 Å². The number of carbonyl (C=O) groups is 2. The first-order valence-corrected chi connectivity index (χ1v) is 8.58. The molecule has 2 N–H and O–H groups in total. The molecule has 0 radical (unpaired) electrons. The van der Waals surface area contributed by atoms with Crippen molar-refractivity contribution in [2.45, 2.75) is 25.0 Å². The molecule has 0 aromatic heterocycles. The zero-order chi connectivity index (χ0) is 16.2. The summed E-state index contributed by atoms with van der Waals surface area (Å²) in [5.74, 6) is -1.78. The number of aliphatic carboxylic acids is 1. The first-order chi connectivity index (χ1) is 10.3. The molecule has 1 amide bonds. The fraction of sp³-hybridized carbons (Fsp3) is 0.429. The summed E-state index contributed by atoms with van der Waals surface area (Å²) in [6.07, 6.45) is -1.19. The number of hydrogen-bond acceptors (Lipinski definition) is 5. The second-order valence-corrected chi connectivity index (χ2v) is 7.53. The Balaban J connectivity index is 1.97. The molecule has 1 saturated heterocycles. The van der Waals surface area contributed by atoms with Crippen molar-refractivity contribution < 1.29 is 27.9 Å². The van der Waals surface area contributed by atoms with Gasteiger partial charge in [-0.1, -0.05) is 30.3 Å². The van der Waals surface area contributed by atoms with E-state index in [1.165, 1.54) is 0 Å². The maximum atomic E-state index is 11.8. The van der Waals surface area contributed by atoms with Crippen LogP contribution in [0.3, 0.4) is 0 Å². The van der Waals surface area contributed by atoms with Crippen LogP contribution in [-0.2, 0) is 26.0 Å². The van der Waals surface area contributed by atoms with Crippen LogP contribution in [0.1, 0.15) is 18.4 Å². The minimum atomic E-state index is -3.23. The maximum Gasteiger partial charge on any atom is 0.408 e. The molecule has 0 saturated carbocycles. The molecule has 1 aliphatic rings. The van der Waals surface area contributed by atoms with E-state index in [-0.39, 0.29) is 31.0 Å². The Hall–Kier alpha value is -2.09. The van der Waals surface area contributed by atoms with Crippen molar-refractivity contribution in [1.29, 1.82) is 0 Å². The normalized spacial score (nSPS) is 19.1. The molecule has 1 aliphatic heterocycles. The van der Waals surface area contributed by atoms with E-state index in [1.807, 2.05) is 6.07 Å². The van der Waals surface area contributed by atoms with Crippen LogP contribution in [0.15, 0.2) is 30.3 Å². The van der Waals surface area contributed by atoms with E-state index in [2.05, 4.69) is 5.32 Å². The average molecular weight is 327 g/mol. The SMILES string of the molecule is O=C(NC1(C(=O)O)CCS(=O)(=O)CC1)OCc1ccccc1.